The minimum Gasteiger partial charge on any atom is -0.491 e. The van der Waals surface area contributed by atoms with Crippen molar-refractivity contribution in [3.63, 3.8) is 0 Å². The fourth-order valence-corrected chi connectivity index (χ4v) is 2.28. The lowest BCUT2D eigenvalue weighted by molar-refractivity contribution is -0.124. The van der Waals surface area contributed by atoms with Crippen LogP contribution in [0.1, 0.15) is 12.5 Å². The molecule has 0 saturated carbocycles. The number of carbonyl (C=O) groups excluding carboxylic acids is 1. The third-order valence-electron chi connectivity index (χ3n) is 2.96. The molecule has 124 valence electrons. The molecule has 0 unspecified atom stereocenters. The smallest absolute Gasteiger partial charge is 0.247 e. The van der Waals surface area contributed by atoms with E-state index in [9.17, 15) is 4.79 Å². The van der Waals surface area contributed by atoms with Crippen molar-refractivity contribution in [1.82, 2.24) is 4.90 Å². The van der Waals surface area contributed by atoms with Gasteiger partial charge in [0.25, 0.3) is 0 Å². The van der Waals surface area contributed by atoms with Crippen molar-refractivity contribution in [2.75, 3.05) is 26.8 Å². The third kappa shape index (κ3) is 5.49. The maximum absolute atomic E-state index is 12.2. The van der Waals surface area contributed by atoms with Crippen molar-refractivity contribution in [2.24, 2.45) is 0 Å². The number of rotatable bonds is 9. The van der Waals surface area contributed by atoms with E-state index in [1.54, 1.807) is 35.3 Å². The highest BCUT2D eigenvalue weighted by Crippen LogP contribution is 2.36. The number of benzene rings is 1. The van der Waals surface area contributed by atoms with Gasteiger partial charge in [0, 0.05) is 19.2 Å². The minimum absolute atomic E-state index is 0.130. The number of ether oxygens (including phenoxy) is 2. The summed E-state index contributed by atoms with van der Waals surface area (Å²) in [6, 6.07) is 3.50. The highest BCUT2D eigenvalue weighted by Gasteiger charge is 2.11. The zero-order chi connectivity index (χ0) is 17.2. The molecule has 0 atom stereocenters. The predicted octanol–water partition coefficient (Wildman–Crippen LogP) is 3.96. The normalized spacial score (nSPS) is 10.4. The van der Waals surface area contributed by atoms with Crippen LogP contribution in [0.2, 0.25) is 5.02 Å². The quantitative estimate of drug-likeness (QED) is 0.506. The van der Waals surface area contributed by atoms with E-state index in [0.29, 0.717) is 36.2 Å². The van der Waals surface area contributed by atoms with Gasteiger partial charge in [0.2, 0.25) is 5.91 Å². The van der Waals surface area contributed by atoms with Crippen molar-refractivity contribution < 1.29 is 14.3 Å². The van der Waals surface area contributed by atoms with Crippen LogP contribution < -0.4 is 9.47 Å². The van der Waals surface area contributed by atoms with Gasteiger partial charge in [-0.1, -0.05) is 23.8 Å². The Hall–Kier alpha value is -2.20. The zero-order valence-corrected chi connectivity index (χ0v) is 14.3. The highest BCUT2D eigenvalue weighted by atomic mass is 35.5. The second-order valence-electron chi connectivity index (χ2n) is 4.62. The summed E-state index contributed by atoms with van der Waals surface area (Å²) < 4.78 is 10.7. The number of carbonyl (C=O) groups is 1. The first-order valence-corrected chi connectivity index (χ1v) is 7.64. The lowest BCUT2D eigenvalue weighted by Gasteiger charge is -2.17. The average molecular weight is 336 g/mol. The molecule has 0 N–H and O–H groups in total. The summed E-state index contributed by atoms with van der Waals surface area (Å²) in [6.45, 7) is 10.6. The molecule has 0 bridgehead atoms. The van der Waals surface area contributed by atoms with Crippen molar-refractivity contribution in [2.45, 2.75) is 6.92 Å². The second-order valence-corrected chi connectivity index (χ2v) is 5.03. The molecule has 0 heterocycles. The molecule has 5 heteroatoms. The Bertz CT molecular complexity index is 586. The predicted molar refractivity (Wildman–Crippen MR) is 95.2 cm³/mol. The molecule has 1 aromatic rings. The van der Waals surface area contributed by atoms with Crippen LogP contribution in [-0.4, -0.2) is 37.6 Å². The first-order chi connectivity index (χ1) is 11.1. The summed E-state index contributed by atoms with van der Waals surface area (Å²) in [5.41, 5.74) is 0.754. The Kier molecular flexibility index (Phi) is 7.98. The first-order valence-electron chi connectivity index (χ1n) is 7.26. The first kappa shape index (κ1) is 18.8. The fraction of sp³-hybridized carbons (Fsp3) is 0.278. The molecule has 0 spiro atoms. The summed E-state index contributed by atoms with van der Waals surface area (Å²) in [5, 5.41) is 0.430. The Morgan fingerprint density at radius 3 is 2.48 bits per heavy atom. The maximum atomic E-state index is 12.2. The zero-order valence-electron chi connectivity index (χ0n) is 13.5. The van der Waals surface area contributed by atoms with E-state index < -0.39 is 0 Å². The summed E-state index contributed by atoms with van der Waals surface area (Å²) in [7, 11) is 1.53. The standard InChI is InChI=1S/C18H22ClNO3/c1-5-10-20(11-6-2)17(21)9-8-14-12-15(19)18(22-4)16(13-14)23-7-3/h5-6,8-9,12-13H,1-2,7,10-11H2,3-4H3/b9-8+. The summed E-state index contributed by atoms with van der Waals surface area (Å²) in [5.74, 6) is 0.898. The van der Waals surface area contributed by atoms with Crippen molar-refractivity contribution in [3.8, 4) is 11.5 Å². The largest absolute Gasteiger partial charge is 0.491 e. The monoisotopic (exact) mass is 335 g/mol. The van der Waals surface area contributed by atoms with Crippen LogP contribution in [0.15, 0.2) is 43.5 Å². The lowest BCUT2D eigenvalue weighted by atomic mass is 10.2. The molecule has 23 heavy (non-hydrogen) atoms. The van der Waals surface area contributed by atoms with Gasteiger partial charge < -0.3 is 14.4 Å². The Labute approximate surface area is 142 Å². The summed E-state index contributed by atoms with van der Waals surface area (Å²) in [4.78, 5) is 13.8. The SMILES string of the molecule is C=CCN(CC=C)C(=O)/C=C/c1cc(Cl)c(OC)c(OCC)c1. The van der Waals surface area contributed by atoms with Gasteiger partial charge in [-0.15, -0.1) is 13.2 Å². The van der Waals surface area contributed by atoms with Gasteiger partial charge in [0.15, 0.2) is 11.5 Å². The Morgan fingerprint density at radius 1 is 1.30 bits per heavy atom. The minimum atomic E-state index is -0.130. The molecular formula is C18H22ClNO3. The van der Waals surface area contributed by atoms with Crippen molar-refractivity contribution in [1.29, 1.82) is 0 Å². The second kappa shape index (κ2) is 9.74. The molecule has 1 amide bonds. The summed E-state index contributed by atoms with van der Waals surface area (Å²) in [6.07, 6.45) is 6.52. The van der Waals surface area contributed by atoms with Gasteiger partial charge in [-0.3, -0.25) is 4.79 Å². The number of halogens is 1. The van der Waals surface area contributed by atoms with E-state index in [4.69, 9.17) is 21.1 Å². The Morgan fingerprint density at radius 2 is 1.96 bits per heavy atom. The van der Waals surface area contributed by atoms with Crippen LogP contribution in [0.5, 0.6) is 11.5 Å². The number of methoxy groups -OCH3 is 1. The Balaban J connectivity index is 3.00. The van der Waals surface area contributed by atoms with Crippen LogP contribution >= 0.6 is 11.6 Å². The molecule has 0 radical (unpaired) electrons. The fourth-order valence-electron chi connectivity index (χ4n) is 1.98. The van der Waals surface area contributed by atoms with Gasteiger partial charge >= 0.3 is 0 Å². The molecule has 1 aromatic carbocycles. The van der Waals surface area contributed by atoms with Crippen LogP contribution in [0.4, 0.5) is 0 Å². The number of nitrogens with zero attached hydrogens (tertiary/aromatic N) is 1. The average Bonchev–Trinajstić information content (AvgIpc) is 2.52. The summed E-state index contributed by atoms with van der Waals surface area (Å²) >= 11 is 6.19. The van der Waals surface area contributed by atoms with Crippen molar-refractivity contribution >= 4 is 23.6 Å². The van der Waals surface area contributed by atoms with Crippen LogP contribution in [0.3, 0.4) is 0 Å². The molecule has 0 aromatic heterocycles. The molecule has 1 rings (SSSR count). The van der Waals surface area contributed by atoms with Crippen LogP contribution in [-0.2, 0) is 4.79 Å². The number of hydrogen-bond donors (Lipinski definition) is 0. The van der Waals surface area contributed by atoms with Crippen LogP contribution in [0.25, 0.3) is 6.08 Å². The van der Waals surface area contributed by atoms with E-state index >= 15 is 0 Å². The molecular weight excluding hydrogens is 314 g/mol. The van der Waals surface area contributed by atoms with E-state index in [1.165, 1.54) is 13.2 Å². The van der Waals surface area contributed by atoms with Gasteiger partial charge in [0.05, 0.1) is 18.7 Å². The molecule has 0 fully saturated rings. The van der Waals surface area contributed by atoms with Gasteiger partial charge in [-0.25, -0.2) is 0 Å². The van der Waals surface area contributed by atoms with Gasteiger partial charge in [-0.2, -0.15) is 0 Å². The van der Waals surface area contributed by atoms with E-state index in [1.807, 2.05) is 6.92 Å². The topological polar surface area (TPSA) is 38.8 Å². The van der Waals surface area contributed by atoms with Crippen molar-refractivity contribution in [3.05, 3.63) is 54.1 Å². The van der Waals surface area contributed by atoms with Gasteiger partial charge in [0.1, 0.15) is 0 Å². The highest BCUT2D eigenvalue weighted by molar-refractivity contribution is 6.32. The number of amides is 1. The molecule has 0 aliphatic carbocycles. The van der Waals surface area contributed by atoms with E-state index in [0.717, 1.165) is 5.56 Å². The van der Waals surface area contributed by atoms with Crippen LogP contribution in [0, 0.1) is 0 Å². The molecule has 4 nitrogen and oxygen atoms in total. The molecule has 0 saturated heterocycles. The van der Waals surface area contributed by atoms with E-state index in [-0.39, 0.29) is 5.91 Å². The van der Waals surface area contributed by atoms with Gasteiger partial charge in [-0.05, 0) is 30.7 Å². The lowest BCUT2D eigenvalue weighted by Crippen LogP contribution is -2.29. The number of hydrogen-bond acceptors (Lipinski definition) is 3. The molecule has 0 aliphatic rings. The van der Waals surface area contributed by atoms with E-state index in [2.05, 4.69) is 13.2 Å². The molecule has 0 aliphatic heterocycles. The maximum Gasteiger partial charge on any atom is 0.247 e. The third-order valence-corrected chi connectivity index (χ3v) is 3.25.